The number of hydrazine groups is 1. The maximum absolute atomic E-state index is 13.0. The Hall–Kier alpha value is -1.84. The predicted octanol–water partition coefficient (Wildman–Crippen LogP) is 2.51. The molecule has 1 aromatic rings. The Morgan fingerprint density at radius 3 is 2.52 bits per heavy atom. The quantitative estimate of drug-likeness (QED) is 0.615. The molecule has 0 spiro atoms. The number of benzene rings is 1. The summed E-state index contributed by atoms with van der Waals surface area (Å²) in [5.74, 6) is 0.234. The first-order valence-electron chi connectivity index (χ1n) is 10.2. The molecule has 4 rings (SSSR count). The van der Waals surface area contributed by atoms with Crippen LogP contribution in [0.2, 0.25) is 0 Å². The van der Waals surface area contributed by atoms with E-state index in [-0.39, 0.29) is 36.0 Å². The number of carbonyl (C=O) groups excluding carboxylic acids is 1. The summed E-state index contributed by atoms with van der Waals surface area (Å²) in [6.45, 7) is 3.76. The monoisotopic (exact) mass is 411 g/mol. The standard InChI is InChI=1S/C20H28F3N5O/c1-11(13-6-4-3-5-7-13)28-10-14-8-15-17(9-16(14)25-19(28)29)26-27-18(15)24-12(2)20(21,22)23/h3-7,11-12,14-18,24,26-27H,8-10H2,1-2H3,(H,25,29)/t11-,12+,14?,15?,16?,17?,18?/m1/s1. The van der Waals surface area contributed by atoms with E-state index in [0.717, 1.165) is 18.9 Å². The highest BCUT2D eigenvalue weighted by Crippen LogP contribution is 2.38. The van der Waals surface area contributed by atoms with Gasteiger partial charge in [-0.25, -0.2) is 10.2 Å². The molecule has 3 aliphatic rings. The molecule has 6 nitrogen and oxygen atoms in total. The topological polar surface area (TPSA) is 68.4 Å². The number of alkyl halides is 3. The van der Waals surface area contributed by atoms with Gasteiger partial charge in [-0.3, -0.25) is 10.7 Å². The van der Waals surface area contributed by atoms with Gasteiger partial charge in [0.15, 0.2) is 0 Å². The number of carbonyl (C=O) groups is 1. The van der Waals surface area contributed by atoms with Gasteiger partial charge in [0.25, 0.3) is 0 Å². The van der Waals surface area contributed by atoms with Crippen LogP contribution in [0, 0.1) is 11.8 Å². The van der Waals surface area contributed by atoms with Crippen molar-refractivity contribution < 1.29 is 18.0 Å². The van der Waals surface area contributed by atoms with Crippen LogP contribution >= 0.6 is 0 Å². The molecule has 1 saturated carbocycles. The number of nitrogens with zero attached hydrogens (tertiary/aromatic N) is 1. The van der Waals surface area contributed by atoms with Crippen LogP contribution in [0.1, 0.15) is 38.3 Å². The van der Waals surface area contributed by atoms with Crippen LogP contribution in [-0.2, 0) is 0 Å². The van der Waals surface area contributed by atoms with Crippen LogP contribution in [-0.4, -0.2) is 47.9 Å². The summed E-state index contributed by atoms with van der Waals surface area (Å²) in [4.78, 5) is 14.6. The highest BCUT2D eigenvalue weighted by atomic mass is 19.4. The first-order chi connectivity index (χ1) is 13.7. The fourth-order valence-electron chi connectivity index (χ4n) is 4.89. The van der Waals surface area contributed by atoms with Crippen LogP contribution in [0.25, 0.3) is 0 Å². The molecule has 9 heteroatoms. The number of fused-ring (bicyclic) bond motifs is 2. The molecule has 2 saturated heterocycles. The van der Waals surface area contributed by atoms with Gasteiger partial charge in [-0.05, 0) is 38.2 Å². The maximum atomic E-state index is 13.0. The van der Waals surface area contributed by atoms with Crippen LogP contribution in [0.15, 0.2) is 30.3 Å². The summed E-state index contributed by atoms with van der Waals surface area (Å²) >= 11 is 0. The van der Waals surface area contributed by atoms with E-state index in [1.165, 1.54) is 0 Å². The zero-order valence-corrected chi connectivity index (χ0v) is 16.5. The molecule has 1 aromatic carbocycles. The van der Waals surface area contributed by atoms with E-state index in [0.29, 0.717) is 13.0 Å². The van der Waals surface area contributed by atoms with E-state index >= 15 is 0 Å². The van der Waals surface area contributed by atoms with Crippen LogP contribution in [0.5, 0.6) is 0 Å². The second-order valence-electron chi connectivity index (χ2n) is 8.49. The number of urea groups is 1. The number of rotatable bonds is 4. The Labute approximate surface area is 168 Å². The second kappa shape index (κ2) is 7.77. The molecule has 29 heavy (non-hydrogen) atoms. The Bertz CT molecular complexity index is 731. The van der Waals surface area contributed by atoms with Gasteiger partial charge in [-0.2, -0.15) is 13.2 Å². The summed E-state index contributed by atoms with van der Waals surface area (Å²) in [5.41, 5.74) is 7.19. The summed E-state index contributed by atoms with van der Waals surface area (Å²) in [7, 11) is 0. The summed E-state index contributed by atoms with van der Waals surface area (Å²) in [6.07, 6.45) is -3.27. The zero-order chi connectivity index (χ0) is 20.8. The molecular formula is C20H28F3N5O. The molecule has 160 valence electrons. The fourth-order valence-corrected chi connectivity index (χ4v) is 4.89. The van der Waals surface area contributed by atoms with Crippen molar-refractivity contribution >= 4 is 6.03 Å². The maximum Gasteiger partial charge on any atom is 0.403 e. The van der Waals surface area contributed by atoms with Crippen molar-refractivity contribution in [2.75, 3.05) is 6.54 Å². The highest BCUT2D eigenvalue weighted by Gasteiger charge is 2.49. The largest absolute Gasteiger partial charge is 0.403 e. The molecule has 0 radical (unpaired) electrons. The van der Waals surface area contributed by atoms with E-state index in [1.807, 2.05) is 42.2 Å². The molecule has 2 amide bonds. The van der Waals surface area contributed by atoms with Crippen LogP contribution in [0.4, 0.5) is 18.0 Å². The number of hydrogen-bond acceptors (Lipinski definition) is 4. The lowest BCUT2D eigenvalue weighted by Crippen LogP contribution is -2.62. The lowest BCUT2D eigenvalue weighted by molar-refractivity contribution is -0.154. The minimum Gasteiger partial charge on any atom is -0.335 e. The highest BCUT2D eigenvalue weighted by molar-refractivity contribution is 5.76. The van der Waals surface area contributed by atoms with Gasteiger partial charge < -0.3 is 10.2 Å². The lowest BCUT2D eigenvalue weighted by Gasteiger charge is -2.47. The average molecular weight is 411 g/mol. The molecule has 0 bridgehead atoms. The third kappa shape index (κ3) is 4.08. The predicted molar refractivity (Wildman–Crippen MR) is 103 cm³/mol. The average Bonchev–Trinajstić information content (AvgIpc) is 3.07. The van der Waals surface area contributed by atoms with Gasteiger partial charge in [0.2, 0.25) is 0 Å². The normalized spacial score (nSPS) is 34.2. The molecule has 1 aliphatic carbocycles. The van der Waals surface area contributed by atoms with E-state index in [4.69, 9.17) is 0 Å². The zero-order valence-electron chi connectivity index (χ0n) is 16.5. The number of halogens is 3. The van der Waals surface area contributed by atoms with Gasteiger partial charge >= 0.3 is 12.2 Å². The minimum atomic E-state index is -4.28. The van der Waals surface area contributed by atoms with Gasteiger partial charge in [-0.1, -0.05) is 30.3 Å². The number of nitrogens with one attached hydrogen (secondary N) is 4. The van der Waals surface area contributed by atoms with Crippen molar-refractivity contribution in [3.05, 3.63) is 35.9 Å². The molecule has 2 aliphatic heterocycles. The van der Waals surface area contributed by atoms with E-state index in [9.17, 15) is 18.0 Å². The number of amides is 2. The van der Waals surface area contributed by atoms with E-state index in [1.54, 1.807) is 0 Å². The van der Waals surface area contributed by atoms with Crippen molar-refractivity contribution in [1.29, 1.82) is 0 Å². The van der Waals surface area contributed by atoms with Gasteiger partial charge in [-0.15, -0.1) is 0 Å². The molecule has 4 N–H and O–H groups in total. The summed E-state index contributed by atoms with van der Waals surface area (Å²) in [6, 6.07) is 8.21. The molecule has 5 unspecified atom stereocenters. The summed E-state index contributed by atoms with van der Waals surface area (Å²) in [5, 5.41) is 5.81. The first-order valence-corrected chi connectivity index (χ1v) is 10.2. The third-order valence-corrected chi connectivity index (χ3v) is 6.69. The van der Waals surface area contributed by atoms with Crippen molar-refractivity contribution in [3.8, 4) is 0 Å². The van der Waals surface area contributed by atoms with Crippen LogP contribution in [0.3, 0.4) is 0 Å². The van der Waals surface area contributed by atoms with Gasteiger partial charge in [0.05, 0.1) is 12.2 Å². The third-order valence-electron chi connectivity index (χ3n) is 6.69. The van der Waals surface area contributed by atoms with Crippen molar-refractivity contribution in [1.82, 2.24) is 26.4 Å². The molecule has 7 atom stereocenters. The van der Waals surface area contributed by atoms with Gasteiger partial charge in [0.1, 0.15) is 6.04 Å². The second-order valence-corrected chi connectivity index (χ2v) is 8.49. The van der Waals surface area contributed by atoms with Crippen LogP contribution < -0.4 is 21.5 Å². The SMILES string of the molecule is C[C@H](c1ccccc1)N1CC2CC3C(CC2NC1=O)NNC3N[C@@H](C)C(F)(F)F. The number of hydrogen-bond donors (Lipinski definition) is 4. The molecule has 2 heterocycles. The van der Waals surface area contributed by atoms with Gasteiger partial charge in [0, 0.05) is 24.5 Å². The molecular weight excluding hydrogens is 383 g/mol. The van der Waals surface area contributed by atoms with E-state index in [2.05, 4.69) is 21.5 Å². The smallest absolute Gasteiger partial charge is 0.335 e. The Morgan fingerprint density at radius 1 is 1.10 bits per heavy atom. The minimum absolute atomic E-state index is 0.0323. The van der Waals surface area contributed by atoms with Crippen molar-refractivity contribution in [2.24, 2.45) is 11.8 Å². The fraction of sp³-hybridized carbons (Fsp3) is 0.650. The van der Waals surface area contributed by atoms with Crippen molar-refractivity contribution in [3.63, 3.8) is 0 Å². The first kappa shape index (κ1) is 20.4. The molecule has 0 aromatic heterocycles. The van der Waals surface area contributed by atoms with Crippen molar-refractivity contribution in [2.45, 2.75) is 63.2 Å². The Kier molecular flexibility index (Phi) is 5.48. The summed E-state index contributed by atoms with van der Waals surface area (Å²) < 4.78 is 38.9. The van der Waals surface area contributed by atoms with E-state index < -0.39 is 18.4 Å². The Balaban J connectivity index is 1.44. The Morgan fingerprint density at radius 2 is 1.83 bits per heavy atom. The molecule has 3 fully saturated rings. The lowest BCUT2D eigenvalue weighted by atomic mass is 9.73.